The molecule has 4 heterocycles. The van der Waals surface area contributed by atoms with Crippen molar-refractivity contribution in [3.05, 3.63) is 60.2 Å². The van der Waals surface area contributed by atoms with Crippen molar-refractivity contribution in [3.63, 3.8) is 0 Å². The van der Waals surface area contributed by atoms with Crippen LogP contribution in [0.5, 0.6) is 0 Å². The average molecular weight is 423 g/mol. The van der Waals surface area contributed by atoms with E-state index in [0.29, 0.717) is 12.1 Å². The summed E-state index contributed by atoms with van der Waals surface area (Å²) >= 11 is 0. The largest absolute Gasteiger partial charge is 0.341 e. The number of fused-ring (bicyclic) bond motifs is 4. The highest BCUT2D eigenvalue weighted by atomic mass is 15.0. The lowest BCUT2D eigenvalue weighted by molar-refractivity contribution is 0.614. The monoisotopic (exact) mass is 422 g/mol. The van der Waals surface area contributed by atoms with E-state index in [0.717, 1.165) is 59.6 Å². The van der Waals surface area contributed by atoms with Crippen LogP contribution >= 0.6 is 0 Å². The quantitative estimate of drug-likeness (QED) is 0.326. The molecule has 2 saturated heterocycles. The average Bonchev–Trinajstić information content (AvgIpc) is 3.62. The lowest BCUT2D eigenvalue weighted by atomic mass is 10.0. The number of benzene rings is 3. The lowest BCUT2D eigenvalue weighted by Gasteiger charge is -2.05. The fraction of sp³-hybridized carbons (Fsp3) is 0.308. The molecule has 32 heavy (non-hydrogen) atoms. The van der Waals surface area contributed by atoms with E-state index in [4.69, 9.17) is 9.97 Å². The summed E-state index contributed by atoms with van der Waals surface area (Å²) in [5, 5.41) is 9.48. The Balaban J connectivity index is 1.27. The maximum atomic E-state index is 4.97. The van der Waals surface area contributed by atoms with Crippen molar-refractivity contribution in [2.45, 2.75) is 37.8 Å². The Morgan fingerprint density at radius 3 is 2.19 bits per heavy atom. The first-order valence-electron chi connectivity index (χ1n) is 11.7. The van der Waals surface area contributed by atoms with Crippen molar-refractivity contribution in [1.82, 2.24) is 30.6 Å². The zero-order valence-corrected chi connectivity index (χ0v) is 17.9. The second kappa shape index (κ2) is 7.15. The summed E-state index contributed by atoms with van der Waals surface area (Å²) in [6.07, 6.45) is 4.73. The molecule has 0 radical (unpaired) electrons. The minimum absolute atomic E-state index is 0.349. The Bertz CT molecular complexity index is 1450. The molecule has 2 aliphatic heterocycles. The molecule has 7 rings (SSSR count). The smallest absolute Gasteiger partial charge is 0.124 e. The van der Waals surface area contributed by atoms with E-state index in [1.807, 2.05) is 0 Å². The van der Waals surface area contributed by atoms with E-state index in [2.05, 4.69) is 69.1 Å². The molecule has 2 aromatic heterocycles. The Morgan fingerprint density at radius 2 is 1.41 bits per heavy atom. The Kier molecular flexibility index (Phi) is 4.10. The summed E-state index contributed by atoms with van der Waals surface area (Å²) in [7, 11) is 0. The molecule has 2 fully saturated rings. The van der Waals surface area contributed by atoms with Gasteiger partial charge in [-0.25, -0.2) is 9.97 Å². The first-order valence-corrected chi connectivity index (χ1v) is 11.7. The Hall–Kier alpha value is -3.22. The van der Waals surface area contributed by atoms with Gasteiger partial charge < -0.3 is 20.6 Å². The van der Waals surface area contributed by atoms with Gasteiger partial charge in [-0.15, -0.1) is 0 Å². The highest BCUT2D eigenvalue weighted by molar-refractivity contribution is 6.05. The molecule has 5 aromatic rings. The summed E-state index contributed by atoms with van der Waals surface area (Å²) in [5.74, 6) is 2.12. The van der Waals surface area contributed by atoms with Crippen molar-refractivity contribution in [2.75, 3.05) is 13.1 Å². The molecular formula is C26H26N6. The zero-order chi connectivity index (χ0) is 21.1. The molecule has 2 unspecified atom stereocenters. The predicted octanol–water partition coefficient (Wildman–Crippen LogP) is 5.11. The van der Waals surface area contributed by atoms with E-state index >= 15 is 0 Å². The zero-order valence-electron chi connectivity index (χ0n) is 17.9. The highest BCUT2D eigenvalue weighted by Gasteiger charge is 2.21. The van der Waals surface area contributed by atoms with Crippen LogP contribution < -0.4 is 10.6 Å². The first-order chi connectivity index (χ1) is 15.8. The summed E-state index contributed by atoms with van der Waals surface area (Å²) in [4.78, 5) is 16.9. The maximum absolute atomic E-state index is 4.97. The number of hydrogen-bond donors (Lipinski definition) is 4. The van der Waals surface area contributed by atoms with Gasteiger partial charge in [0.2, 0.25) is 0 Å². The molecule has 0 saturated carbocycles. The van der Waals surface area contributed by atoms with Crippen molar-refractivity contribution in [1.29, 1.82) is 0 Å². The third kappa shape index (κ3) is 2.94. The normalized spacial score (nSPS) is 21.4. The van der Waals surface area contributed by atoms with Gasteiger partial charge in [-0.2, -0.15) is 0 Å². The summed E-state index contributed by atoms with van der Waals surface area (Å²) in [5.41, 5.74) is 6.72. The molecule has 2 atom stereocenters. The second-order valence-corrected chi connectivity index (χ2v) is 9.17. The number of nitrogens with zero attached hydrogens (tertiary/aromatic N) is 2. The van der Waals surface area contributed by atoms with E-state index < -0.39 is 0 Å². The first kappa shape index (κ1) is 18.4. The van der Waals surface area contributed by atoms with Crippen molar-refractivity contribution < 1.29 is 0 Å². The fourth-order valence-electron chi connectivity index (χ4n) is 5.38. The van der Waals surface area contributed by atoms with Crippen LogP contribution in [0, 0.1) is 0 Å². The third-order valence-electron chi connectivity index (χ3n) is 7.10. The van der Waals surface area contributed by atoms with E-state index in [1.54, 1.807) is 0 Å². The van der Waals surface area contributed by atoms with Crippen molar-refractivity contribution >= 4 is 32.8 Å². The van der Waals surface area contributed by atoms with Crippen LogP contribution in [-0.4, -0.2) is 33.0 Å². The number of aromatic nitrogens is 4. The number of hydrogen-bond acceptors (Lipinski definition) is 4. The summed E-state index contributed by atoms with van der Waals surface area (Å²) in [6.45, 7) is 2.15. The molecule has 0 aliphatic carbocycles. The van der Waals surface area contributed by atoms with Crippen LogP contribution in [0.3, 0.4) is 0 Å². The van der Waals surface area contributed by atoms with Gasteiger partial charge in [-0.1, -0.05) is 24.3 Å². The summed E-state index contributed by atoms with van der Waals surface area (Å²) < 4.78 is 0. The van der Waals surface area contributed by atoms with E-state index in [9.17, 15) is 0 Å². The minimum atomic E-state index is 0.349. The van der Waals surface area contributed by atoms with Gasteiger partial charge in [0, 0.05) is 5.39 Å². The second-order valence-electron chi connectivity index (χ2n) is 9.17. The fourth-order valence-corrected chi connectivity index (χ4v) is 5.38. The van der Waals surface area contributed by atoms with Crippen LogP contribution in [0.2, 0.25) is 0 Å². The number of nitrogens with one attached hydrogen (secondary N) is 4. The number of aromatic amines is 2. The predicted molar refractivity (Wildman–Crippen MR) is 129 cm³/mol. The molecule has 160 valence electrons. The van der Waals surface area contributed by atoms with Gasteiger partial charge in [0.05, 0.1) is 34.2 Å². The maximum Gasteiger partial charge on any atom is 0.124 e. The summed E-state index contributed by atoms with van der Waals surface area (Å²) in [6, 6.07) is 18.3. The number of rotatable bonds is 3. The third-order valence-corrected chi connectivity index (χ3v) is 7.10. The molecular weight excluding hydrogens is 396 g/mol. The molecule has 0 amide bonds. The van der Waals surface area contributed by atoms with E-state index in [-0.39, 0.29) is 0 Å². The standard InChI is InChI=1S/C26H26N6/c1-3-21(27-11-1)25-29-19-9-6-16(14-23(19)31-25)15-5-8-18-17(13-15)7-10-20-24(18)32-26(30-20)22-4-2-12-28-22/h5-10,13-14,21-22,27-28H,1-4,11-12H2,(H,29,31)(H,30,32). The Labute approximate surface area is 185 Å². The molecule has 6 nitrogen and oxygen atoms in total. The van der Waals surface area contributed by atoms with Crippen LogP contribution in [-0.2, 0) is 0 Å². The van der Waals surface area contributed by atoms with Crippen molar-refractivity contribution in [3.8, 4) is 11.1 Å². The van der Waals surface area contributed by atoms with Crippen LogP contribution in [0.15, 0.2) is 48.5 Å². The van der Waals surface area contributed by atoms with Gasteiger partial charge in [-0.05, 0) is 79.6 Å². The van der Waals surface area contributed by atoms with Gasteiger partial charge in [0.1, 0.15) is 11.6 Å². The van der Waals surface area contributed by atoms with Crippen LogP contribution in [0.1, 0.15) is 49.4 Å². The molecule has 3 aromatic carbocycles. The highest BCUT2D eigenvalue weighted by Crippen LogP contribution is 2.32. The van der Waals surface area contributed by atoms with Gasteiger partial charge in [-0.3, -0.25) is 0 Å². The Morgan fingerprint density at radius 1 is 0.688 bits per heavy atom. The molecule has 4 N–H and O–H groups in total. The minimum Gasteiger partial charge on any atom is -0.341 e. The van der Waals surface area contributed by atoms with Gasteiger partial charge >= 0.3 is 0 Å². The van der Waals surface area contributed by atoms with Crippen LogP contribution in [0.25, 0.3) is 44.0 Å². The molecule has 0 spiro atoms. The molecule has 2 aliphatic rings. The van der Waals surface area contributed by atoms with Crippen LogP contribution in [0.4, 0.5) is 0 Å². The topological polar surface area (TPSA) is 81.4 Å². The number of H-pyrrole nitrogens is 2. The van der Waals surface area contributed by atoms with E-state index in [1.165, 1.54) is 34.7 Å². The SMILES string of the molecule is c1cc2c(ccc3[nH]c(C4CCCN4)nc32)cc1-c1ccc2nc(C3CCCN3)[nH]c2c1. The number of imidazole rings is 2. The van der Waals surface area contributed by atoms with Crippen molar-refractivity contribution in [2.24, 2.45) is 0 Å². The molecule has 6 heteroatoms. The molecule has 0 bridgehead atoms. The van der Waals surface area contributed by atoms with Gasteiger partial charge in [0.15, 0.2) is 0 Å². The van der Waals surface area contributed by atoms with Gasteiger partial charge in [0.25, 0.3) is 0 Å². The lowest BCUT2D eigenvalue weighted by Crippen LogP contribution is -2.13.